The maximum atomic E-state index is 13.0. The van der Waals surface area contributed by atoms with Crippen LogP contribution in [0.1, 0.15) is 53.5 Å². The molecular formula is C21H29N3O3S2. The Morgan fingerprint density at radius 1 is 1.14 bits per heavy atom. The standard InChI is InChI=1S/C21H29N3O3S2/c1-16-14-19(17(2)24(16)18-6-3-4-7-18)20(25)15-22-9-11-23(12-10-22)29(26,27)21-8-5-13-28-21/h5,8,13-14,18H,3-4,6-7,9-12,15H2,1-2H3. The first-order valence-electron chi connectivity index (χ1n) is 10.4. The van der Waals surface area contributed by atoms with E-state index in [0.29, 0.717) is 43.0 Å². The van der Waals surface area contributed by atoms with E-state index in [4.69, 9.17) is 0 Å². The van der Waals surface area contributed by atoms with Crippen LogP contribution in [0.25, 0.3) is 0 Å². The summed E-state index contributed by atoms with van der Waals surface area (Å²) in [6.45, 7) is 6.51. The van der Waals surface area contributed by atoms with Crippen LogP contribution in [0.15, 0.2) is 27.8 Å². The molecule has 0 bridgehead atoms. The molecule has 1 aliphatic heterocycles. The molecule has 1 aliphatic carbocycles. The number of nitrogens with zero attached hydrogens (tertiary/aromatic N) is 3. The van der Waals surface area contributed by atoms with Crippen molar-refractivity contribution in [2.24, 2.45) is 0 Å². The van der Waals surface area contributed by atoms with Crippen LogP contribution in [0.4, 0.5) is 0 Å². The lowest BCUT2D eigenvalue weighted by Gasteiger charge is -2.33. The van der Waals surface area contributed by atoms with E-state index in [2.05, 4.69) is 23.3 Å². The van der Waals surface area contributed by atoms with Crippen LogP contribution in [-0.2, 0) is 10.0 Å². The Balaban J connectivity index is 1.39. The number of aryl methyl sites for hydroxylation is 1. The van der Waals surface area contributed by atoms with Crippen LogP contribution < -0.4 is 0 Å². The summed E-state index contributed by atoms with van der Waals surface area (Å²) in [5, 5.41) is 1.78. The molecule has 6 nitrogen and oxygen atoms in total. The number of piperazine rings is 1. The maximum Gasteiger partial charge on any atom is 0.252 e. The molecule has 8 heteroatoms. The number of hydrogen-bond donors (Lipinski definition) is 0. The molecule has 0 spiro atoms. The summed E-state index contributed by atoms with van der Waals surface area (Å²) in [6.07, 6.45) is 4.93. The highest BCUT2D eigenvalue weighted by atomic mass is 32.2. The quantitative estimate of drug-likeness (QED) is 0.652. The number of sulfonamides is 1. The van der Waals surface area contributed by atoms with Gasteiger partial charge in [-0.05, 0) is 44.2 Å². The summed E-state index contributed by atoms with van der Waals surface area (Å²) in [5.74, 6) is 0.136. The zero-order valence-electron chi connectivity index (χ0n) is 17.1. The van der Waals surface area contributed by atoms with Crippen molar-refractivity contribution in [1.82, 2.24) is 13.8 Å². The van der Waals surface area contributed by atoms with Crippen molar-refractivity contribution < 1.29 is 13.2 Å². The van der Waals surface area contributed by atoms with E-state index in [9.17, 15) is 13.2 Å². The summed E-state index contributed by atoms with van der Waals surface area (Å²) in [7, 11) is -3.40. The lowest BCUT2D eigenvalue weighted by Crippen LogP contribution is -2.49. The second kappa shape index (κ2) is 8.34. The lowest BCUT2D eigenvalue weighted by atomic mass is 10.1. The molecule has 3 heterocycles. The topological polar surface area (TPSA) is 62.6 Å². The van der Waals surface area contributed by atoms with E-state index in [-0.39, 0.29) is 5.78 Å². The average Bonchev–Trinajstić information content (AvgIpc) is 3.44. The fourth-order valence-electron chi connectivity index (χ4n) is 4.74. The van der Waals surface area contributed by atoms with Crippen molar-refractivity contribution in [2.75, 3.05) is 32.7 Å². The summed E-state index contributed by atoms with van der Waals surface area (Å²) in [5.41, 5.74) is 3.07. The molecule has 29 heavy (non-hydrogen) atoms. The molecule has 2 aliphatic rings. The molecule has 0 atom stereocenters. The van der Waals surface area contributed by atoms with Crippen molar-refractivity contribution in [2.45, 2.75) is 49.8 Å². The minimum atomic E-state index is -3.40. The molecule has 2 aromatic rings. The zero-order chi connectivity index (χ0) is 20.6. The predicted molar refractivity (Wildman–Crippen MR) is 115 cm³/mol. The fourth-order valence-corrected chi connectivity index (χ4v) is 7.30. The molecule has 158 valence electrons. The summed E-state index contributed by atoms with van der Waals surface area (Å²) >= 11 is 1.25. The number of ketones is 1. The second-order valence-electron chi connectivity index (χ2n) is 8.13. The third-order valence-corrected chi connectivity index (χ3v) is 9.53. The van der Waals surface area contributed by atoms with Gasteiger partial charge in [-0.3, -0.25) is 9.69 Å². The van der Waals surface area contributed by atoms with Crippen LogP contribution in [0.2, 0.25) is 0 Å². The minimum Gasteiger partial charge on any atom is -0.345 e. The van der Waals surface area contributed by atoms with E-state index >= 15 is 0 Å². The van der Waals surface area contributed by atoms with E-state index < -0.39 is 10.0 Å². The average molecular weight is 436 g/mol. The molecule has 0 radical (unpaired) electrons. The number of aromatic nitrogens is 1. The van der Waals surface area contributed by atoms with Crippen molar-refractivity contribution in [3.05, 3.63) is 40.5 Å². The Labute approximate surface area is 177 Å². The van der Waals surface area contributed by atoms with E-state index in [1.807, 2.05) is 6.07 Å². The highest BCUT2D eigenvalue weighted by molar-refractivity contribution is 7.91. The smallest absolute Gasteiger partial charge is 0.252 e. The Kier molecular flexibility index (Phi) is 5.97. The number of thiophene rings is 1. The van der Waals surface area contributed by atoms with Crippen molar-refractivity contribution in [3.8, 4) is 0 Å². The first-order chi connectivity index (χ1) is 13.9. The molecule has 2 aromatic heterocycles. The molecule has 0 aromatic carbocycles. The van der Waals surface area contributed by atoms with E-state index in [0.717, 1.165) is 11.3 Å². The molecule has 1 saturated carbocycles. The zero-order valence-corrected chi connectivity index (χ0v) is 18.8. The van der Waals surface area contributed by atoms with Gasteiger partial charge in [-0.15, -0.1) is 11.3 Å². The predicted octanol–water partition coefficient (Wildman–Crippen LogP) is 3.47. The molecule has 0 unspecified atom stereocenters. The van der Waals surface area contributed by atoms with Gasteiger partial charge in [0.25, 0.3) is 10.0 Å². The first-order valence-corrected chi connectivity index (χ1v) is 12.7. The van der Waals surface area contributed by atoms with E-state index in [1.54, 1.807) is 17.5 Å². The van der Waals surface area contributed by atoms with Gasteiger partial charge in [0.2, 0.25) is 0 Å². The third-order valence-electron chi connectivity index (χ3n) is 6.26. The Morgan fingerprint density at radius 2 is 1.83 bits per heavy atom. The SMILES string of the molecule is Cc1cc(C(=O)CN2CCN(S(=O)(=O)c3cccs3)CC2)c(C)n1C1CCCC1. The van der Waals surface area contributed by atoms with Crippen LogP contribution in [0, 0.1) is 13.8 Å². The fraction of sp³-hybridized carbons (Fsp3) is 0.571. The summed E-state index contributed by atoms with van der Waals surface area (Å²) < 4.78 is 29.6. The van der Waals surface area contributed by atoms with Crippen molar-refractivity contribution in [1.29, 1.82) is 0 Å². The van der Waals surface area contributed by atoms with E-state index in [1.165, 1.54) is 47.0 Å². The van der Waals surface area contributed by atoms with Gasteiger partial charge in [0.15, 0.2) is 5.78 Å². The van der Waals surface area contributed by atoms with Crippen LogP contribution >= 0.6 is 11.3 Å². The Hall–Kier alpha value is -1.48. The van der Waals surface area contributed by atoms with Gasteiger partial charge >= 0.3 is 0 Å². The lowest BCUT2D eigenvalue weighted by molar-refractivity contribution is 0.0901. The molecule has 2 fully saturated rings. The highest BCUT2D eigenvalue weighted by Crippen LogP contribution is 2.33. The van der Waals surface area contributed by atoms with Crippen LogP contribution in [-0.4, -0.2) is 60.7 Å². The second-order valence-corrected chi connectivity index (χ2v) is 11.2. The van der Waals surface area contributed by atoms with Crippen molar-refractivity contribution in [3.63, 3.8) is 0 Å². The maximum absolute atomic E-state index is 13.0. The number of carbonyl (C=O) groups is 1. The van der Waals surface area contributed by atoms with Crippen molar-refractivity contribution >= 4 is 27.1 Å². The highest BCUT2D eigenvalue weighted by Gasteiger charge is 2.30. The number of Topliss-reactive ketones (excluding diaryl/α,β-unsaturated/α-hetero) is 1. The summed E-state index contributed by atoms with van der Waals surface area (Å²) in [4.78, 5) is 15.1. The Morgan fingerprint density at radius 3 is 2.45 bits per heavy atom. The van der Waals surface area contributed by atoms with Gasteiger partial charge in [-0.25, -0.2) is 8.42 Å². The molecule has 4 rings (SSSR count). The van der Waals surface area contributed by atoms with Gasteiger partial charge in [0.05, 0.1) is 6.54 Å². The molecule has 0 amide bonds. The molecule has 1 saturated heterocycles. The van der Waals surface area contributed by atoms with Crippen LogP contribution in [0.3, 0.4) is 0 Å². The van der Waals surface area contributed by atoms with Gasteiger partial charge in [0.1, 0.15) is 4.21 Å². The molecular weight excluding hydrogens is 406 g/mol. The van der Waals surface area contributed by atoms with Gasteiger partial charge in [-0.2, -0.15) is 4.31 Å². The monoisotopic (exact) mass is 435 g/mol. The van der Waals surface area contributed by atoms with Gasteiger partial charge in [0, 0.05) is 49.2 Å². The first kappa shape index (κ1) is 20.8. The number of carbonyl (C=O) groups excluding carboxylic acids is 1. The largest absolute Gasteiger partial charge is 0.345 e. The number of hydrogen-bond acceptors (Lipinski definition) is 5. The van der Waals surface area contributed by atoms with Crippen LogP contribution in [0.5, 0.6) is 0 Å². The minimum absolute atomic E-state index is 0.136. The number of rotatable bonds is 6. The van der Waals surface area contributed by atoms with Gasteiger partial charge < -0.3 is 4.57 Å². The normalized spacial score (nSPS) is 19.8. The van der Waals surface area contributed by atoms with Gasteiger partial charge in [-0.1, -0.05) is 18.9 Å². The summed E-state index contributed by atoms with van der Waals surface area (Å²) in [6, 6.07) is 5.97. The molecule has 0 N–H and O–H groups in total. The Bertz CT molecular complexity index is 965. The third kappa shape index (κ3) is 4.08.